The van der Waals surface area contributed by atoms with Crippen LogP contribution in [-0.4, -0.2) is 85.3 Å². The summed E-state index contributed by atoms with van der Waals surface area (Å²) in [5.41, 5.74) is 1.41. The van der Waals surface area contributed by atoms with E-state index >= 15 is 0 Å². The predicted octanol–water partition coefficient (Wildman–Crippen LogP) is 0.545. The summed E-state index contributed by atoms with van der Waals surface area (Å²) in [4.78, 5) is 60.3. The van der Waals surface area contributed by atoms with Crippen molar-refractivity contribution in [2.75, 3.05) is 39.6 Å². The molecule has 1 atom stereocenters. The Balaban J connectivity index is 1.36. The highest BCUT2D eigenvalue weighted by atomic mass is 16.5. The average Bonchev–Trinajstić information content (AvgIpc) is 3.04. The van der Waals surface area contributed by atoms with E-state index in [0.717, 1.165) is 10.5 Å². The van der Waals surface area contributed by atoms with Crippen LogP contribution in [0.25, 0.3) is 0 Å². The predicted molar refractivity (Wildman–Crippen MR) is 116 cm³/mol. The molecule has 3 rings (SSSR count). The van der Waals surface area contributed by atoms with Crippen molar-refractivity contribution in [3.63, 3.8) is 0 Å². The van der Waals surface area contributed by atoms with Crippen LogP contribution in [0.2, 0.25) is 0 Å². The largest absolute Gasteiger partial charge is 0.481 e. The molecule has 2 aliphatic rings. The molecule has 1 fully saturated rings. The highest BCUT2D eigenvalue weighted by molar-refractivity contribution is 6.23. The molecule has 0 bridgehead atoms. The van der Waals surface area contributed by atoms with Crippen LogP contribution in [0.1, 0.15) is 52.0 Å². The summed E-state index contributed by atoms with van der Waals surface area (Å²) in [5, 5.41) is 10.7. The number of carboxylic acid groups (broad SMARTS) is 1. The molecular weight excluding hydrogens is 448 g/mol. The molecule has 0 aliphatic carbocycles. The molecule has 2 aliphatic heterocycles. The fourth-order valence-corrected chi connectivity index (χ4v) is 3.75. The van der Waals surface area contributed by atoms with E-state index in [4.69, 9.17) is 19.3 Å². The van der Waals surface area contributed by atoms with E-state index in [-0.39, 0.29) is 37.0 Å². The van der Waals surface area contributed by atoms with Gasteiger partial charge >= 0.3 is 5.97 Å². The number of carbonyl (C=O) groups is 5. The van der Waals surface area contributed by atoms with E-state index in [0.29, 0.717) is 45.9 Å². The number of amides is 4. The van der Waals surface area contributed by atoms with Gasteiger partial charge in [-0.15, -0.1) is 0 Å². The minimum atomic E-state index is -0.972. The topological polar surface area (TPSA) is 149 Å². The number of carbonyl (C=O) groups excluding carboxylic acids is 4. The van der Waals surface area contributed by atoms with Crippen molar-refractivity contribution in [3.8, 4) is 0 Å². The standard InChI is InChI=1S/C23H28N2O9/c26-19-6-5-18(21(29)24-19)25-22(30)16-4-3-15(14-17(16)23(25)31)2-1-8-32-10-12-34-13-11-33-9-7-20(27)28/h3-4,14,18H,1-2,5-13H2,(H,27,28)(H,24,26,29). The second-order valence-electron chi connectivity index (χ2n) is 7.91. The van der Waals surface area contributed by atoms with Gasteiger partial charge in [-0.05, 0) is 37.0 Å². The quantitative estimate of drug-likeness (QED) is 0.290. The summed E-state index contributed by atoms with van der Waals surface area (Å²) in [6, 6.07) is 4.09. The summed E-state index contributed by atoms with van der Waals surface area (Å²) in [5.74, 6) is -2.97. The summed E-state index contributed by atoms with van der Waals surface area (Å²) >= 11 is 0. The van der Waals surface area contributed by atoms with Crippen LogP contribution >= 0.6 is 0 Å². The van der Waals surface area contributed by atoms with Crippen LogP contribution in [-0.2, 0) is 35.0 Å². The first-order valence-corrected chi connectivity index (χ1v) is 11.2. The van der Waals surface area contributed by atoms with E-state index in [1.54, 1.807) is 18.2 Å². The molecule has 34 heavy (non-hydrogen) atoms. The van der Waals surface area contributed by atoms with E-state index in [2.05, 4.69) is 5.32 Å². The van der Waals surface area contributed by atoms with Gasteiger partial charge in [-0.2, -0.15) is 0 Å². The molecule has 0 radical (unpaired) electrons. The molecule has 1 aromatic carbocycles. The second-order valence-corrected chi connectivity index (χ2v) is 7.91. The summed E-state index contributed by atoms with van der Waals surface area (Å²) < 4.78 is 16.0. The van der Waals surface area contributed by atoms with Crippen LogP contribution in [0.5, 0.6) is 0 Å². The number of ether oxygens (including phenoxy) is 3. The number of piperidine rings is 1. The Labute approximate surface area is 196 Å². The number of imide groups is 2. The number of rotatable bonds is 14. The van der Waals surface area contributed by atoms with Crippen molar-refractivity contribution in [3.05, 3.63) is 34.9 Å². The van der Waals surface area contributed by atoms with Crippen LogP contribution in [0.3, 0.4) is 0 Å². The zero-order valence-electron chi connectivity index (χ0n) is 18.7. The third kappa shape index (κ3) is 6.69. The van der Waals surface area contributed by atoms with Gasteiger partial charge in [-0.1, -0.05) is 6.07 Å². The third-order valence-corrected chi connectivity index (χ3v) is 5.46. The number of hydrogen-bond donors (Lipinski definition) is 2. The first-order valence-electron chi connectivity index (χ1n) is 11.2. The molecular formula is C23H28N2O9. The van der Waals surface area contributed by atoms with Crippen molar-refractivity contribution in [2.24, 2.45) is 0 Å². The highest BCUT2D eigenvalue weighted by Crippen LogP contribution is 2.28. The molecule has 11 heteroatoms. The van der Waals surface area contributed by atoms with Gasteiger partial charge in [0, 0.05) is 13.0 Å². The minimum Gasteiger partial charge on any atom is -0.481 e. The molecule has 1 unspecified atom stereocenters. The normalized spacial score (nSPS) is 17.8. The molecule has 0 aromatic heterocycles. The molecule has 1 aromatic rings. The minimum absolute atomic E-state index is 0.0319. The molecule has 2 heterocycles. The number of nitrogens with one attached hydrogen (secondary N) is 1. The summed E-state index contributed by atoms with van der Waals surface area (Å²) in [6.45, 7) is 2.15. The molecule has 1 saturated heterocycles. The van der Waals surface area contributed by atoms with Crippen molar-refractivity contribution < 1.29 is 43.3 Å². The van der Waals surface area contributed by atoms with Gasteiger partial charge < -0.3 is 19.3 Å². The van der Waals surface area contributed by atoms with Gasteiger partial charge in [0.25, 0.3) is 11.8 Å². The Morgan fingerprint density at radius 2 is 1.59 bits per heavy atom. The number of fused-ring (bicyclic) bond motifs is 1. The maximum atomic E-state index is 12.8. The van der Waals surface area contributed by atoms with E-state index in [9.17, 15) is 24.0 Å². The Morgan fingerprint density at radius 3 is 2.26 bits per heavy atom. The monoisotopic (exact) mass is 476 g/mol. The number of carboxylic acids is 1. The van der Waals surface area contributed by atoms with Gasteiger partial charge in [0.05, 0.1) is 50.6 Å². The van der Waals surface area contributed by atoms with Crippen molar-refractivity contribution >= 4 is 29.6 Å². The Morgan fingerprint density at radius 1 is 0.941 bits per heavy atom. The maximum absolute atomic E-state index is 12.8. The van der Waals surface area contributed by atoms with Crippen molar-refractivity contribution in [1.82, 2.24) is 10.2 Å². The lowest BCUT2D eigenvalue weighted by atomic mass is 10.0. The van der Waals surface area contributed by atoms with Crippen molar-refractivity contribution in [1.29, 1.82) is 0 Å². The molecule has 0 spiro atoms. The lowest BCUT2D eigenvalue weighted by Crippen LogP contribution is -2.54. The molecule has 4 amide bonds. The van der Waals surface area contributed by atoms with Crippen LogP contribution in [0.15, 0.2) is 18.2 Å². The lowest BCUT2D eigenvalue weighted by Gasteiger charge is -2.27. The smallest absolute Gasteiger partial charge is 0.305 e. The average molecular weight is 476 g/mol. The van der Waals surface area contributed by atoms with E-state index < -0.39 is 35.6 Å². The molecule has 0 saturated carbocycles. The Hall–Kier alpha value is -3.15. The Bertz CT molecular complexity index is 946. The number of aryl methyl sites for hydroxylation is 1. The van der Waals surface area contributed by atoms with Crippen LogP contribution < -0.4 is 5.32 Å². The molecule has 184 valence electrons. The van der Waals surface area contributed by atoms with Gasteiger partial charge in [0.2, 0.25) is 11.8 Å². The number of hydrogen-bond acceptors (Lipinski definition) is 8. The number of aliphatic carboxylic acids is 1. The summed E-state index contributed by atoms with van der Waals surface area (Å²) in [6.07, 6.45) is 1.53. The van der Waals surface area contributed by atoms with E-state index in [1.807, 2.05) is 0 Å². The zero-order valence-corrected chi connectivity index (χ0v) is 18.7. The molecule has 11 nitrogen and oxygen atoms in total. The highest BCUT2D eigenvalue weighted by Gasteiger charge is 2.44. The van der Waals surface area contributed by atoms with Gasteiger partial charge in [-0.25, -0.2) is 0 Å². The lowest BCUT2D eigenvalue weighted by molar-refractivity contribution is -0.138. The SMILES string of the molecule is O=C(O)CCOCCOCCOCCCc1ccc2c(c1)C(=O)N(C1CCC(=O)NC1=O)C2=O. The van der Waals surface area contributed by atoms with Crippen LogP contribution in [0, 0.1) is 0 Å². The second kappa shape index (κ2) is 12.4. The molecule has 2 N–H and O–H groups in total. The van der Waals surface area contributed by atoms with Gasteiger partial charge in [0.15, 0.2) is 0 Å². The Kier molecular flexibility index (Phi) is 9.25. The first-order chi connectivity index (χ1) is 16.4. The maximum Gasteiger partial charge on any atom is 0.305 e. The van der Waals surface area contributed by atoms with E-state index in [1.165, 1.54) is 0 Å². The van der Waals surface area contributed by atoms with Gasteiger partial charge in [0.1, 0.15) is 6.04 Å². The van der Waals surface area contributed by atoms with Crippen molar-refractivity contribution in [2.45, 2.75) is 38.1 Å². The fraction of sp³-hybridized carbons (Fsp3) is 0.522. The van der Waals surface area contributed by atoms with Crippen LogP contribution in [0.4, 0.5) is 0 Å². The number of nitrogens with zero attached hydrogens (tertiary/aromatic N) is 1. The first kappa shape index (κ1) is 25.5. The zero-order chi connectivity index (χ0) is 24.5. The van der Waals surface area contributed by atoms with Gasteiger partial charge in [-0.3, -0.25) is 34.2 Å². The summed E-state index contributed by atoms with van der Waals surface area (Å²) in [7, 11) is 0. The number of benzene rings is 1. The fourth-order valence-electron chi connectivity index (χ4n) is 3.75. The third-order valence-electron chi connectivity index (χ3n) is 5.46.